The van der Waals surface area contributed by atoms with Crippen molar-refractivity contribution in [2.75, 3.05) is 18.4 Å². The van der Waals surface area contributed by atoms with Crippen molar-refractivity contribution in [2.24, 2.45) is 11.7 Å². The molecular weight excluding hydrogens is 266 g/mol. The maximum Gasteiger partial charge on any atom is 0.232 e. The average molecular weight is 289 g/mol. The number of nitrogens with two attached hydrogens (primary N) is 1. The van der Waals surface area contributed by atoms with Crippen molar-refractivity contribution in [3.8, 4) is 0 Å². The van der Waals surface area contributed by atoms with Crippen molar-refractivity contribution in [3.05, 3.63) is 29.3 Å². The van der Waals surface area contributed by atoms with Gasteiger partial charge < -0.3 is 16.4 Å². The van der Waals surface area contributed by atoms with Gasteiger partial charge in [-0.25, -0.2) is 0 Å². The summed E-state index contributed by atoms with van der Waals surface area (Å²) in [5.41, 5.74) is 8.61. The summed E-state index contributed by atoms with van der Waals surface area (Å²) < 4.78 is 0. The maximum atomic E-state index is 12.1. The van der Waals surface area contributed by atoms with Gasteiger partial charge in [-0.1, -0.05) is 26.0 Å². The molecule has 114 valence electrons. The van der Waals surface area contributed by atoms with E-state index in [1.54, 1.807) is 6.92 Å². The van der Waals surface area contributed by atoms with Crippen LogP contribution in [0.25, 0.3) is 0 Å². The van der Waals surface area contributed by atoms with E-state index < -0.39 is 0 Å². The molecule has 2 amide bonds. The lowest BCUT2D eigenvalue weighted by Crippen LogP contribution is -2.34. The van der Waals surface area contributed by atoms with E-state index in [0.29, 0.717) is 19.5 Å². The van der Waals surface area contributed by atoms with Crippen LogP contribution in [0.4, 0.5) is 5.69 Å². The molecule has 0 radical (unpaired) electrons. The summed E-state index contributed by atoms with van der Waals surface area (Å²) in [5, 5.41) is 5.74. The van der Waals surface area contributed by atoms with Gasteiger partial charge in [-0.05, 0) is 30.0 Å². The first-order chi connectivity index (χ1) is 10.1. The van der Waals surface area contributed by atoms with Crippen molar-refractivity contribution in [1.29, 1.82) is 0 Å². The molecule has 0 bridgehead atoms. The van der Waals surface area contributed by atoms with Gasteiger partial charge in [0.05, 0.1) is 5.92 Å². The third kappa shape index (κ3) is 3.42. The molecule has 5 nitrogen and oxygen atoms in total. The summed E-state index contributed by atoms with van der Waals surface area (Å²) in [6.45, 7) is 4.70. The molecule has 0 fully saturated rings. The standard InChI is InChI=1S/C16H23N3O2/c1-3-11-4-5-14-13(8-11)12(16(21)19-14)6-7-18-15(20)10(2)9-17/h4-5,8,10,12H,3,6-7,9,17H2,1-2H3,(H,18,20)(H,19,21). The van der Waals surface area contributed by atoms with E-state index in [0.717, 1.165) is 17.7 Å². The first kappa shape index (κ1) is 15.5. The van der Waals surface area contributed by atoms with Gasteiger partial charge in [-0.3, -0.25) is 9.59 Å². The monoisotopic (exact) mass is 289 g/mol. The molecule has 0 aromatic heterocycles. The van der Waals surface area contributed by atoms with E-state index in [1.165, 1.54) is 5.56 Å². The SMILES string of the molecule is CCc1ccc2c(c1)C(CCNC(=O)C(C)CN)C(=O)N2. The minimum Gasteiger partial charge on any atom is -0.356 e. The number of amides is 2. The Hall–Kier alpha value is -1.88. The molecule has 0 saturated carbocycles. The smallest absolute Gasteiger partial charge is 0.232 e. The highest BCUT2D eigenvalue weighted by atomic mass is 16.2. The maximum absolute atomic E-state index is 12.1. The van der Waals surface area contributed by atoms with Gasteiger partial charge in [-0.2, -0.15) is 0 Å². The fourth-order valence-corrected chi connectivity index (χ4v) is 2.50. The molecule has 4 N–H and O–H groups in total. The van der Waals surface area contributed by atoms with E-state index in [4.69, 9.17) is 5.73 Å². The minimum absolute atomic E-state index is 0.0133. The number of aryl methyl sites for hydroxylation is 1. The van der Waals surface area contributed by atoms with Crippen molar-refractivity contribution in [3.63, 3.8) is 0 Å². The second-order valence-corrected chi connectivity index (χ2v) is 5.53. The number of carbonyl (C=O) groups is 2. The summed E-state index contributed by atoms with van der Waals surface area (Å²) in [7, 11) is 0. The molecule has 21 heavy (non-hydrogen) atoms. The van der Waals surface area contributed by atoms with Crippen LogP contribution in [0, 0.1) is 5.92 Å². The summed E-state index contributed by atoms with van der Waals surface area (Å²) in [4.78, 5) is 23.7. The molecule has 2 atom stereocenters. The van der Waals surface area contributed by atoms with Gasteiger partial charge in [0.15, 0.2) is 0 Å². The van der Waals surface area contributed by atoms with Crippen LogP contribution in [0.1, 0.15) is 37.3 Å². The summed E-state index contributed by atoms with van der Waals surface area (Å²) >= 11 is 0. The van der Waals surface area contributed by atoms with Crippen LogP contribution in [0.2, 0.25) is 0 Å². The number of fused-ring (bicyclic) bond motifs is 1. The Morgan fingerprint density at radius 2 is 2.24 bits per heavy atom. The van der Waals surface area contributed by atoms with Crippen molar-refractivity contribution in [2.45, 2.75) is 32.6 Å². The Morgan fingerprint density at radius 3 is 2.90 bits per heavy atom. The van der Waals surface area contributed by atoms with Gasteiger partial charge in [0.2, 0.25) is 11.8 Å². The molecular formula is C16H23N3O2. The van der Waals surface area contributed by atoms with Crippen LogP contribution in [0.5, 0.6) is 0 Å². The van der Waals surface area contributed by atoms with E-state index >= 15 is 0 Å². The molecule has 2 unspecified atom stereocenters. The fraction of sp³-hybridized carbons (Fsp3) is 0.500. The lowest BCUT2D eigenvalue weighted by Gasteiger charge is -2.13. The molecule has 1 aromatic carbocycles. The van der Waals surface area contributed by atoms with E-state index in [2.05, 4.69) is 23.6 Å². The van der Waals surface area contributed by atoms with Gasteiger partial charge in [-0.15, -0.1) is 0 Å². The predicted molar refractivity (Wildman–Crippen MR) is 83.0 cm³/mol. The number of carbonyl (C=O) groups excluding carboxylic acids is 2. The third-order valence-electron chi connectivity index (χ3n) is 4.01. The zero-order valence-corrected chi connectivity index (χ0v) is 12.6. The minimum atomic E-state index is -0.193. The number of benzene rings is 1. The molecule has 0 aliphatic carbocycles. The third-order valence-corrected chi connectivity index (χ3v) is 4.01. The molecule has 0 spiro atoms. The van der Waals surface area contributed by atoms with Crippen LogP contribution >= 0.6 is 0 Å². The molecule has 5 heteroatoms. The highest BCUT2D eigenvalue weighted by Crippen LogP contribution is 2.35. The van der Waals surface area contributed by atoms with Crippen molar-refractivity contribution >= 4 is 17.5 Å². The average Bonchev–Trinajstić information content (AvgIpc) is 2.81. The van der Waals surface area contributed by atoms with Crippen molar-refractivity contribution < 1.29 is 9.59 Å². The normalized spacial score (nSPS) is 18.0. The first-order valence-electron chi connectivity index (χ1n) is 7.48. The highest BCUT2D eigenvalue weighted by Gasteiger charge is 2.30. The lowest BCUT2D eigenvalue weighted by molar-refractivity contribution is -0.124. The van der Waals surface area contributed by atoms with Crippen molar-refractivity contribution in [1.82, 2.24) is 5.32 Å². The summed E-state index contributed by atoms with van der Waals surface area (Å²) in [6.07, 6.45) is 1.55. The Kier molecular flexibility index (Phi) is 4.96. The topological polar surface area (TPSA) is 84.2 Å². The number of nitrogens with one attached hydrogen (secondary N) is 2. The fourth-order valence-electron chi connectivity index (χ4n) is 2.50. The van der Waals surface area contributed by atoms with Gasteiger partial charge in [0, 0.05) is 24.7 Å². The van der Waals surface area contributed by atoms with Crippen LogP contribution in [0.3, 0.4) is 0 Å². The van der Waals surface area contributed by atoms with E-state index in [9.17, 15) is 9.59 Å². The molecule has 1 aliphatic rings. The Labute approximate surface area is 125 Å². The predicted octanol–water partition coefficient (Wildman–Crippen LogP) is 1.39. The molecule has 0 saturated heterocycles. The zero-order chi connectivity index (χ0) is 15.4. The number of rotatable bonds is 6. The quantitative estimate of drug-likeness (QED) is 0.740. The Morgan fingerprint density at radius 1 is 1.48 bits per heavy atom. The Bertz CT molecular complexity index is 542. The molecule has 2 rings (SSSR count). The van der Waals surface area contributed by atoms with Gasteiger partial charge in [0.1, 0.15) is 0 Å². The van der Waals surface area contributed by atoms with E-state index in [-0.39, 0.29) is 23.7 Å². The summed E-state index contributed by atoms with van der Waals surface area (Å²) in [5.74, 6) is -0.417. The number of hydrogen-bond acceptors (Lipinski definition) is 3. The second-order valence-electron chi connectivity index (χ2n) is 5.53. The Balaban J connectivity index is 1.99. The molecule has 1 aliphatic heterocycles. The van der Waals surface area contributed by atoms with E-state index in [1.807, 2.05) is 12.1 Å². The van der Waals surface area contributed by atoms with Crippen LogP contribution < -0.4 is 16.4 Å². The zero-order valence-electron chi connectivity index (χ0n) is 12.6. The number of anilines is 1. The number of hydrogen-bond donors (Lipinski definition) is 3. The second kappa shape index (κ2) is 6.72. The van der Waals surface area contributed by atoms with Crippen LogP contribution in [0.15, 0.2) is 18.2 Å². The lowest BCUT2D eigenvalue weighted by atomic mass is 9.95. The largest absolute Gasteiger partial charge is 0.356 e. The molecule has 1 aromatic rings. The molecule has 1 heterocycles. The van der Waals surface area contributed by atoms with Crippen LogP contribution in [-0.4, -0.2) is 24.9 Å². The van der Waals surface area contributed by atoms with Gasteiger partial charge >= 0.3 is 0 Å². The highest BCUT2D eigenvalue weighted by molar-refractivity contribution is 6.02. The summed E-state index contributed by atoms with van der Waals surface area (Å²) in [6, 6.07) is 6.08. The first-order valence-corrected chi connectivity index (χ1v) is 7.48. The van der Waals surface area contributed by atoms with Crippen LogP contribution in [-0.2, 0) is 16.0 Å². The van der Waals surface area contributed by atoms with Gasteiger partial charge in [0.25, 0.3) is 0 Å².